The van der Waals surface area contributed by atoms with E-state index < -0.39 is 21.9 Å². The van der Waals surface area contributed by atoms with E-state index in [4.69, 9.17) is 0 Å². The van der Waals surface area contributed by atoms with Crippen LogP contribution in [0.1, 0.15) is 36.9 Å². The van der Waals surface area contributed by atoms with Crippen LogP contribution >= 0.6 is 0 Å². The molecule has 1 amide bonds. The molecule has 2 aromatic carbocycles. The van der Waals surface area contributed by atoms with Crippen molar-refractivity contribution in [2.75, 3.05) is 11.9 Å². The molecule has 26 heavy (non-hydrogen) atoms. The van der Waals surface area contributed by atoms with Crippen LogP contribution in [0.5, 0.6) is 0 Å². The molecule has 138 valence electrons. The van der Waals surface area contributed by atoms with Crippen molar-refractivity contribution in [2.24, 2.45) is 0 Å². The van der Waals surface area contributed by atoms with Crippen LogP contribution in [0.4, 0.5) is 10.1 Å². The minimum Gasteiger partial charge on any atom is -0.325 e. The minimum absolute atomic E-state index is 0.0379. The van der Waals surface area contributed by atoms with E-state index in [0.717, 1.165) is 5.56 Å². The van der Waals surface area contributed by atoms with E-state index in [2.05, 4.69) is 5.32 Å². The van der Waals surface area contributed by atoms with E-state index >= 15 is 0 Å². The summed E-state index contributed by atoms with van der Waals surface area (Å²) >= 11 is 0. The lowest BCUT2D eigenvalue weighted by Gasteiger charge is -2.26. The number of sulfonamides is 1. The summed E-state index contributed by atoms with van der Waals surface area (Å²) in [6.07, 6.45) is 1.21. The van der Waals surface area contributed by atoms with Crippen molar-refractivity contribution in [3.8, 4) is 0 Å². The topological polar surface area (TPSA) is 66.5 Å². The van der Waals surface area contributed by atoms with Crippen LogP contribution in [0.15, 0.2) is 47.4 Å². The zero-order valence-corrected chi connectivity index (χ0v) is 15.5. The SMILES string of the molecule is CC(=O)Nc1ccc(C)cc1S(=O)(=O)N1CCC[C@@H]1c1ccccc1F. The Labute approximate surface area is 152 Å². The predicted molar refractivity (Wildman–Crippen MR) is 97.7 cm³/mol. The first-order valence-corrected chi connectivity index (χ1v) is 9.89. The van der Waals surface area contributed by atoms with Gasteiger partial charge in [-0.1, -0.05) is 24.3 Å². The quantitative estimate of drug-likeness (QED) is 0.886. The third-order valence-corrected chi connectivity index (χ3v) is 6.45. The predicted octanol–water partition coefficient (Wildman–Crippen LogP) is 3.62. The number of anilines is 1. The third kappa shape index (κ3) is 3.50. The normalized spacial score (nSPS) is 18.0. The van der Waals surface area contributed by atoms with Crippen molar-refractivity contribution in [1.29, 1.82) is 0 Å². The maximum absolute atomic E-state index is 14.2. The molecule has 0 radical (unpaired) electrons. The molecule has 0 spiro atoms. The second kappa shape index (κ2) is 7.17. The molecule has 3 rings (SSSR count). The first kappa shape index (κ1) is 18.5. The smallest absolute Gasteiger partial charge is 0.245 e. The molecule has 1 atom stereocenters. The number of hydrogen-bond donors (Lipinski definition) is 1. The Morgan fingerprint density at radius 3 is 2.65 bits per heavy atom. The summed E-state index contributed by atoms with van der Waals surface area (Å²) in [4.78, 5) is 11.5. The summed E-state index contributed by atoms with van der Waals surface area (Å²) in [5, 5.41) is 2.58. The molecule has 1 aliphatic rings. The van der Waals surface area contributed by atoms with Crippen molar-refractivity contribution < 1.29 is 17.6 Å². The molecule has 1 fully saturated rings. The molecule has 0 unspecified atom stereocenters. The number of hydrogen-bond acceptors (Lipinski definition) is 3. The van der Waals surface area contributed by atoms with Gasteiger partial charge in [0.2, 0.25) is 15.9 Å². The maximum atomic E-state index is 14.2. The number of benzene rings is 2. The molecule has 1 saturated heterocycles. The molecule has 7 heteroatoms. The Balaban J connectivity index is 2.06. The van der Waals surface area contributed by atoms with Gasteiger partial charge < -0.3 is 5.32 Å². The highest BCUT2D eigenvalue weighted by Crippen LogP contribution is 2.39. The highest BCUT2D eigenvalue weighted by molar-refractivity contribution is 7.89. The zero-order valence-electron chi connectivity index (χ0n) is 14.7. The van der Waals surface area contributed by atoms with Crippen LogP contribution in [0, 0.1) is 12.7 Å². The van der Waals surface area contributed by atoms with E-state index in [1.807, 2.05) is 0 Å². The lowest BCUT2D eigenvalue weighted by molar-refractivity contribution is -0.114. The van der Waals surface area contributed by atoms with Crippen LogP contribution in [-0.2, 0) is 14.8 Å². The van der Waals surface area contributed by atoms with Gasteiger partial charge in [-0.2, -0.15) is 4.31 Å². The summed E-state index contributed by atoms with van der Waals surface area (Å²) in [6, 6.07) is 10.6. The second-order valence-electron chi connectivity index (χ2n) is 6.48. The van der Waals surface area contributed by atoms with Gasteiger partial charge in [0, 0.05) is 19.0 Å². The largest absolute Gasteiger partial charge is 0.325 e. The lowest BCUT2D eigenvalue weighted by Crippen LogP contribution is -2.32. The molecule has 1 heterocycles. The summed E-state index contributed by atoms with van der Waals surface area (Å²) < 4.78 is 42.3. The van der Waals surface area contributed by atoms with Gasteiger partial charge in [0.15, 0.2) is 0 Å². The average molecular weight is 376 g/mol. The first-order valence-electron chi connectivity index (χ1n) is 8.45. The van der Waals surface area contributed by atoms with Gasteiger partial charge in [0.25, 0.3) is 0 Å². The van der Waals surface area contributed by atoms with Crippen LogP contribution in [0.25, 0.3) is 0 Å². The highest BCUT2D eigenvalue weighted by atomic mass is 32.2. The maximum Gasteiger partial charge on any atom is 0.245 e. The van der Waals surface area contributed by atoms with Gasteiger partial charge in [-0.05, 0) is 43.5 Å². The summed E-state index contributed by atoms with van der Waals surface area (Å²) in [6.45, 7) is 3.43. The number of rotatable bonds is 4. The Morgan fingerprint density at radius 2 is 1.96 bits per heavy atom. The molecule has 1 N–H and O–H groups in total. The van der Waals surface area contributed by atoms with Crippen LogP contribution in [0.2, 0.25) is 0 Å². The number of carbonyl (C=O) groups excluding carboxylic acids is 1. The lowest BCUT2D eigenvalue weighted by atomic mass is 10.1. The number of carbonyl (C=O) groups is 1. The van der Waals surface area contributed by atoms with E-state index in [9.17, 15) is 17.6 Å². The molecule has 0 bridgehead atoms. The molecule has 5 nitrogen and oxygen atoms in total. The van der Waals surface area contributed by atoms with Gasteiger partial charge in [-0.3, -0.25) is 4.79 Å². The van der Waals surface area contributed by atoms with Crippen molar-refractivity contribution in [2.45, 2.75) is 37.6 Å². The second-order valence-corrected chi connectivity index (χ2v) is 8.34. The number of aryl methyl sites for hydroxylation is 1. The highest BCUT2D eigenvalue weighted by Gasteiger charge is 2.38. The van der Waals surface area contributed by atoms with Crippen LogP contribution in [-0.4, -0.2) is 25.2 Å². The van der Waals surface area contributed by atoms with Crippen molar-refractivity contribution in [3.63, 3.8) is 0 Å². The summed E-state index contributed by atoms with van der Waals surface area (Å²) in [7, 11) is -3.90. The molecule has 0 aliphatic carbocycles. The third-order valence-electron chi connectivity index (χ3n) is 4.50. The Hall–Kier alpha value is -2.25. The molecule has 1 aliphatic heterocycles. The Kier molecular flexibility index (Phi) is 5.11. The van der Waals surface area contributed by atoms with Crippen molar-refractivity contribution >= 4 is 21.6 Å². The average Bonchev–Trinajstić information content (AvgIpc) is 3.06. The number of nitrogens with zero attached hydrogens (tertiary/aromatic N) is 1. The fourth-order valence-electron chi connectivity index (χ4n) is 3.35. The van der Waals surface area contributed by atoms with E-state index in [1.165, 1.54) is 23.4 Å². The monoisotopic (exact) mass is 376 g/mol. The summed E-state index contributed by atoms with van der Waals surface area (Å²) in [5.41, 5.74) is 1.38. The van der Waals surface area contributed by atoms with Crippen molar-refractivity contribution in [1.82, 2.24) is 4.31 Å². The van der Waals surface area contributed by atoms with Crippen LogP contribution in [0.3, 0.4) is 0 Å². The number of nitrogens with one attached hydrogen (secondary N) is 1. The van der Waals surface area contributed by atoms with Crippen molar-refractivity contribution in [3.05, 3.63) is 59.4 Å². The van der Waals surface area contributed by atoms with Gasteiger partial charge in [-0.25, -0.2) is 12.8 Å². The Morgan fingerprint density at radius 1 is 1.23 bits per heavy atom. The molecule has 2 aromatic rings. The Bertz CT molecular complexity index is 944. The van der Waals surface area contributed by atoms with Gasteiger partial charge in [0.1, 0.15) is 10.7 Å². The van der Waals surface area contributed by atoms with Crippen LogP contribution < -0.4 is 5.32 Å². The molecular weight excluding hydrogens is 355 g/mol. The summed E-state index contributed by atoms with van der Waals surface area (Å²) in [5.74, 6) is -0.761. The standard InChI is InChI=1S/C19H21FN2O3S/c1-13-9-10-17(21-14(2)23)19(12-13)26(24,25)22-11-5-8-18(22)15-6-3-4-7-16(15)20/h3-4,6-7,9-10,12,18H,5,8,11H2,1-2H3,(H,21,23)/t18-/m1/s1. The molecular formula is C19H21FN2O3S. The van der Waals surface area contributed by atoms with E-state index in [0.29, 0.717) is 24.9 Å². The zero-order chi connectivity index (χ0) is 18.9. The van der Waals surface area contributed by atoms with E-state index in [-0.39, 0.29) is 16.5 Å². The van der Waals surface area contributed by atoms with Gasteiger partial charge in [0.05, 0.1) is 11.7 Å². The molecule has 0 aromatic heterocycles. The fourth-order valence-corrected chi connectivity index (χ4v) is 5.25. The first-order chi connectivity index (χ1) is 12.3. The molecule has 0 saturated carbocycles. The number of amides is 1. The number of halogens is 1. The fraction of sp³-hybridized carbons (Fsp3) is 0.316. The van der Waals surface area contributed by atoms with Gasteiger partial charge >= 0.3 is 0 Å². The van der Waals surface area contributed by atoms with E-state index in [1.54, 1.807) is 37.3 Å². The van der Waals surface area contributed by atoms with Gasteiger partial charge in [-0.15, -0.1) is 0 Å². The minimum atomic E-state index is -3.90.